The molecule has 0 spiro atoms. The standard InChI is InChI=1S/C13H25NO9S2/c1-2-3-4-5-6-7-24(14-23-25(19,20)21)13-12(18)11(17)10(16)9(8-15)22-13/h2,9-13,15-18H,1,3-8H2,(H,19,20,21). The largest absolute Gasteiger partial charge is 0.420 e. The van der Waals surface area contributed by atoms with Gasteiger partial charge in [0.2, 0.25) is 0 Å². The first kappa shape index (κ1) is 22.6. The average molecular weight is 403 g/mol. The van der Waals surface area contributed by atoms with Crippen LogP contribution in [0.4, 0.5) is 0 Å². The number of ether oxygens (including phenoxy) is 1. The van der Waals surface area contributed by atoms with Crippen LogP contribution in [0.3, 0.4) is 0 Å². The zero-order chi connectivity index (χ0) is 19.0. The van der Waals surface area contributed by atoms with E-state index in [9.17, 15) is 28.8 Å². The van der Waals surface area contributed by atoms with Crippen LogP contribution in [0.2, 0.25) is 0 Å². The maximum atomic E-state index is 10.8. The SMILES string of the molecule is C=CCCCCCS(=NOS(=O)(=O)O)C1OC(CO)C(O)C(O)C1O. The van der Waals surface area contributed by atoms with E-state index in [4.69, 9.17) is 9.29 Å². The molecule has 0 aromatic heterocycles. The summed E-state index contributed by atoms with van der Waals surface area (Å²) in [5, 5.41) is 39.0. The van der Waals surface area contributed by atoms with E-state index in [1.54, 1.807) is 6.08 Å². The molecule has 0 bridgehead atoms. The van der Waals surface area contributed by atoms with E-state index >= 15 is 0 Å². The minimum atomic E-state index is -4.83. The quantitative estimate of drug-likeness (QED) is 0.134. The molecule has 0 saturated carbocycles. The van der Waals surface area contributed by atoms with Crippen molar-refractivity contribution in [3.8, 4) is 0 Å². The van der Waals surface area contributed by atoms with Gasteiger partial charge in [0.1, 0.15) is 29.9 Å². The highest BCUT2D eigenvalue weighted by atomic mass is 32.3. The first-order chi connectivity index (χ1) is 11.7. The van der Waals surface area contributed by atoms with Crippen molar-refractivity contribution in [3.63, 3.8) is 0 Å². The number of aliphatic hydroxyl groups excluding tert-OH is 4. The van der Waals surface area contributed by atoms with Gasteiger partial charge in [0.05, 0.1) is 6.61 Å². The molecule has 12 heteroatoms. The predicted octanol–water partition coefficient (Wildman–Crippen LogP) is -0.931. The summed E-state index contributed by atoms with van der Waals surface area (Å²) in [6.45, 7) is 2.99. The van der Waals surface area contributed by atoms with Gasteiger partial charge in [-0.2, -0.15) is 8.42 Å². The molecule has 1 aliphatic heterocycles. The summed E-state index contributed by atoms with van der Waals surface area (Å²) in [5.74, 6) is 0.259. The normalized spacial score (nSPS) is 31.8. The Morgan fingerprint density at radius 1 is 1.16 bits per heavy atom. The highest BCUT2D eigenvalue weighted by Crippen LogP contribution is 2.25. The molecule has 10 nitrogen and oxygen atoms in total. The average Bonchev–Trinajstić information content (AvgIpc) is 2.55. The van der Waals surface area contributed by atoms with Gasteiger partial charge >= 0.3 is 10.4 Å². The molecule has 0 aliphatic carbocycles. The van der Waals surface area contributed by atoms with Gasteiger partial charge in [0.25, 0.3) is 0 Å². The first-order valence-electron chi connectivity index (χ1n) is 7.69. The molecule has 1 aliphatic rings. The van der Waals surface area contributed by atoms with Crippen molar-refractivity contribution < 1.29 is 42.4 Å². The van der Waals surface area contributed by atoms with E-state index in [-0.39, 0.29) is 5.75 Å². The number of hydrogen-bond acceptors (Lipinski definition) is 9. The van der Waals surface area contributed by atoms with Crippen LogP contribution in [0.1, 0.15) is 25.7 Å². The van der Waals surface area contributed by atoms with Gasteiger partial charge in [-0.05, 0) is 30.0 Å². The van der Waals surface area contributed by atoms with E-state index < -0.39 is 57.5 Å². The van der Waals surface area contributed by atoms with Gasteiger partial charge in [0.15, 0.2) is 0 Å². The van der Waals surface area contributed by atoms with Crippen molar-refractivity contribution in [3.05, 3.63) is 12.7 Å². The van der Waals surface area contributed by atoms with Crippen molar-refractivity contribution in [2.45, 2.75) is 55.5 Å². The molecule has 1 saturated heterocycles. The lowest BCUT2D eigenvalue weighted by Gasteiger charge is -2.40. The van der Waals surface area contributed by atoms with Crippen LogP contribution in [0.15, 0.2) is 17.2 Å². The Balaban J connectivity index is 2.90. The molecule has 1 fully saturated rings. The lowest BCUT2D eigenvalue weighted by Crippen LogP contribution is -2.59. The van der Waals surface area contributed by atoms with Crippen molar-refractivity contribution >= 4 is 21.1 Å². The van der Waals surface area contributed by atoms with Crippen molar-refractivity contribution in [1.82, 2.24) is 0 Å². The fourth-order valence-corrected chi connectivity index (χ4v) is 4.55. The summed E-state index contributed by atoms with van der Waals surface area (Å²) in [4.78, 5) is 0. The summed E-state index contributed by atoms with van der Waals surface area (Å²) >= 11 is 0. The van der Waals surface area contributed by atoms with Crippen LogP contribution in [-0.2, 0) is 30.1 Å². The van der Waals surface area contributed by atoms with E-state index in [1.165, 1.54) is 0 Å². The zero-order valence-electron chi connectivity index (χ0n) is 13.5. The van der Waals surface area contributed by atoms with Gasteiger partial charge in [-0.15, -0.1) is 6.58 Å². The van der Waals surface area contributed by atoms with Gasteiger partial charge in [-0.25, -0.2) is 0 Å². The van der Waals surface area contributed by atoms with Gasteiger partial charge in [-0.1, -0.05) is 21.3 Å². The van der Waals surface area contributed by atoms with E-state index in [2.05, 4.69) is 15.4 Å². The number of hydrogen-bond donors (Lipinski definition) is 5. The molecule has 6 unspecified atom stereocenters. The van der Waals surface area contributed by atoms with Crippen molar-refractivity contribution in [1.29, 1.82) is 0 Å². The molecule has 0 radical (unpaired) electrons. The van der Waals surface area contributed by atoms with E-state index in [0.717, 1.165) is 19.3 Å². The summed E-state index contributed by atoms with van der Waals surface area (Å²) < 4.78 is 43.0. The summed E-state index contributed by atoms with van der Waals surface area (Å²) in [6, 6.07) is 0. The Morgan fingerprint density at radius 2 is 1.84 bits per heavy atom. The topological polar surface area (TPSA) is 166 Å². The van der Waals surface area contributed by atoms with Crippen LogP contribution >= 0.6 is 0 Å². The highest BCUT2D eigenvalue weighted by Gasteiger charge is 2.45. The smallest absolute Gasteiger partial charge is 0.394 e. The predicted molar refractivity (Wildman–Crippen MR) is 89.7 cm³/mol. The fourth-order valence-electron chi connectivity index (χ4n) is 2.28. The van der Waals surface area contributed by atoms with E-state index in [1.807, 2.05) is 0 Å². The van der Waals surface area contributed by atoms with Crippen LogP contribution in [0, 0.1) is 0 Å². The Morgan fingerprint density at radius 3 is 2.40 bits per heavy atom. The number of unbranched alkanes of at least 4 members (excludes halogenated alkanes) is 3. The van der Waals surface area contributed by atoms with Crippen molar-refractivity contribution in [2.24, 2.45) is 4.53 Å². The summed E-state index contributed by atoms with van der Waals surface area (Å²) in [5.41, 5.74) is -1.20. The minimum Gasteiger partial charge on any atom is -0.394 e. The van der Waals surface area contributed by atoms with Gasteiger partial charge < -0.3 is 25.2 Å². The number of aliphatic hydroxyl groups is 4. The third-order valence-electron chi connectivity index (χ3n) is 3.60. The van der Waals surface area contributed by atoms with Crippen LogP contribution in [-0.4, -0.2) is 75.6 Å². The van der Waals surface area contributed by atoms with Crippen LogP contribution in [0.5, 0.6) is 0 Å². The maximum absolute atomic E-state index is 10.8. The lowest BCUT2D eigenvalue weighted by molar-refractivity contribution is -0.206. The monoisotopic (exact) mass is 403 g/mol. The third kappa shape index (κ3) is 7.37. The molecule has 148 valence electrons. The minimum absolute atomic E-state index is 0.259. The lowest BCUT2D eigenvalue weighted by atomic mass is 10.0. The molecule has 5 N–H and O–H groups in total. The number of allylic oxidation sites excluding steroid dienone is 1. The Hall–Kier alpha value is -0.440. The molecule has 0 amide bonds. The molecular formula is C13H25NO9S2. The second-order valence-corrected chi connectivity index (χ2v) is 8.35. The summed E-state index contributed by atoms with van der Waals surface area (Å²) in [7, 11) is -6.20. The van der Waals surface area contributed by atoms with Gasteiger partial charge in [0, 0.05) is 5.75 Å². The zero-order valence-corrected chi connectivity index (χ0v) is 15.2. The Bertz CT molecular complexity index is 552. The van der Waals surface area contributed by atoms with Crippen LogP contribution in [0.25, 0.3) is 0 Å². The molecule has 6 atom stereocenters. The number of nitrogens with zero attached hydrogens (tertiary/aromatic N) is 1. The molecule has 0 aromatic rings. The fraction of sp³-hybridized carbons (Fsp3) is 0.846. The summed E-state index contributed by atoms with van der Waals surface area (Å²) in [6.07, 6.45) is -1.05. The van der Waals surface area contributed by atoms with Gasteiger partial charge in [-0.3, -0.25) is 4.55 Å². The molecule has 1 rings (SSSR count). The molecular weight excluding hydrogens is 378 g/mol. The molecule has 25 heavy (non-hydrogen) atoms. The molecule has 0 aromatic carbocycles. The Kier molecular flexibility index (Phi) is 9.62. The molecule has 1 heterocycles. The Labute approximate surface area is 149 Å². The second kappa shape index (κ2) is 10.6. The third-order valence-corrected chi connectivity index (χ3v) is 5.86. The van der Waals surface area contributed by atoms with Crippen LogP contribution < -0.4 is 0 Å². The highest BCUT2D eigenvalue weighted by molar-refractivity contribution is 7.88. The second-order valence-electron chi connectivity index (χ2n) is 5.52. The first-order valence-corrected chi connectivity index (χ1v) is 10.5. The maximum Gasteiger partial charge on any atom is 0.420 e. The van der Waals surface area contributed by atoms with Crippen molar-refractivity contribution in [2.75, 3.05) is 12.4 Å². The van der Waals surface area contributed by atoms with E-state index in [0.29, 0.717) is 6.42 Å². The number of rotatable bonds is 10.